The van der Waals surface area contributed by atoms with Crippen molar-refractivity contribution in [1.82, 2.24) is 0 Å². The van der Waals surface area contributed by atoms with Gasteiger partial charge in [-0.2, -0.15) is 0 Å². The lowest BCUT2D eigenvalue weighted by atomic mass is 10.1. The predicted octanol–water partition coefficient (Wildman–Crippen LogP) is 3.40. The van der Waals surface area contributed by atoms with Crippen LogP contribution in [0.1, 0.15) is 20.3 Å². The quantitative estimate of drug-likeness (QED) is 0.710. The van der Waals surface area contributed by atoms with Crippen LogP contribution in [0, 0.1) is 5.92 Å². The topological polar surface area (TPSA) is 26.3 Å². The molecule has 0 spiro atoms. The molecule has 0 fully saturated rings. The van der Waals surface area contributed by atoms with Crippen molar-refractivity contribution in [2.45, 2.75) is 25.2 Å². The van der Waals surface area contributed by atoms with Crippen molar-refractivity contribution >= 4 is 17.5 Å². The summed E-state index contributed by atoms with van der Waals surface area (Å²) < 4.78 is 5.27. The van der Waals surface area contributed by atoms with Crippen molar-refractivity contribution in [3.8, 4) is 5.75 Å². The Kier molecular flexibility index (Phi) is 5.39. The average molecular weight is 238 g/mol. The first kappa shape index (κ1) is 13.1. The summed E-state index contributed by atoms with van der Waals surface area (Å²) in [7, 11) is 1.67. The van der Waals surface area contributed by atoms with E-state index in [1.165, 1.54) is 0 Å². The average Bonchev–Trinajstić information content (AvgIpc) is 2.30. The lowest BCUT2D eigenvalue weighted by Crippen LogP contribution is -2.12. The van der Waals surface area contributed by atoms with Crippen LogP contribution < -0.4 is 4.74 Å². The van der Waals surface area contributed by atoms with Gasteiger partial charge in [0.25, 0.3) is 0 Å². The fourth-order valence-electron chi connectivity index (χ4n) is 1.45. The molecule has 0 aromatic heterocycles. The van der Waals surface area contributed by atoms with Gasteiger partial charge in [0.1, 0.15) is 11.5 Å². The van der Waals surface area contributed by atoms with E-state index in [1.807, 2.05) is 24.3 Å². The SMILES string of the molecule is CC[C@H](CSc1ccccc1OC)C(C)=O. The number of carbonyl (C=O) groups excluding carboxylic acids is 1. The number of thioether (sulfide) groups is 1. The van der Waals surface area contributed by atoms with E-state index in [9.17, 15) is 4.79 Å². The molecule has 2 nitrogen and oxygen atoms in total. The maximum atomic E-state index is 11.3. The van der Waals surface area contributed by atoms with Crippen molar-refractivity contribution in [2.75, 3.05) is 12.9 Å². The van der Waals surface area contributed by atoms with Gasteiger partial charge in [0, 0.05) is 16.6 Å². The van der Waals surface area contributed by atoms with Gasteiger partial charge in [-0.3, -0.25) is 4.79 Å². The third kappa shape index (κ3) is 3.56. The summed E-state index contributed by atoms with van der Waals surface area (Å²) in [6.45, 7) is 3.71. The molecule has 0 unspecified atom stereocenters. The first-order valence-corrected chi connectivity index (χ1v) is 6.43. The minimum atomic E-state index is 0.148. The van der Waals surface area contributed by atoms with E-state index >= 15 is 0 Å². The van der Waals surface area contributed by atoms with Gasteiger partial charge >= 0.3 is 0 Å². The third-order valence-corrected chi connectivity index (χ3v) is 3.79. The molecule has 0 aliphatic carbocycles. The first-order chi connectivity index (χ1) is 7.69. The number of ketones is 1. The Hall–Kier alpha value is -0.960. The molecule has 16 heavy (non-hydrogen) atoms. The summed E-state index contributed by atoms with van der Waals surface area (Å²) >= 11 is 1.69. The van der Waals surface area contributed by atoms with Crippen LogP contribution in [-0.4, -0.2) is 18.6 Å². The summed E-state index contributed by atoms with van der Waals surface area (Å²) in [4.78, 5) is 12.4. The smallest absolute Gasteiger partial charge is 0.133 e. The summed E-state index contributed by atoms with van der Waals surface area (Å²) in [6.07, 6.45) is 0.900. The maximum Gasteiger partial charge on any atom is 0.133 e. The molecular formula is C13H18O2S. The van der Waals surface area contributed by atoms with E-state index in [4.69, 9.17) is 4.74 Å². The zero-order chi connectivity index (χ0) is 12.0. The maximum absolute atomic E-state index is 11.3. The molecule has 0 saturated carbocycles. The number of hydrogen-bond acceptors (Lipinski definition) is 3. The van der Waals surface area contributed by atoms with Crippen molar-refractivity contribution in [3.05, 3.63) is 24.3 Å². The van der Waals surface area contributed by atoms with E-state index in [0.29, 0.717) is 0 Å². The monoisotopic (exact) mass is 238 g/mol. The first-order valence-electron chi connectivity index (χ1n) is 5.45. The Bertz CT molecular complexity index is 350. The van der Waals surface area contributed by atoms with E-state index < -0.39 is 0 Å². The Morgan fingerprint density at radius 2 is 2.12 bits per heavy atom. The molecule has 0 N–H and O–H groups in total. The van der Waals surface area contributed by atoms with Crippen LogP contribution in [0.25, 0.3) is 0 Å². The molecule has 1 aromatic carbocycles. The Morgan fingerprint density at radius 3 is 2.69 bits per heavy atom. The van der Waals surface area contributed by atoms with Crippen molar-refractivity contribution in [1.29, 1.82) is 0 Å². The largest absolute Gasteiger partial charge is 0.496 e. The van der Waals surface area contributed by atoms with E-state index in [2.05, 4.69) is 6.92 Å². The van der Waals surface area contributed by atoms with Crippen LogP contribution in [0.3, 0.4) is 0 Å². The van der Waals surface area contributed by atoms with E-state index in [1.54, 1.807) is 25.8 Å². The number of Topliss-reactive ketones (excluding diaryl/α,β-unsaturated/α-hetero) is 1. The fraction of sp³-hybridized carbons (Fsp3) is 0.462. The van der Waals surface area contributed by atoms with Gasteiger partial charge in [-0.1, -0.05) is 19.1 Å². The van der Waals surface area contributed by atoms with Crippen LogP contribution in [0.5, 0.6) is 5.75 Å². The standard InChI is InChI=1S/C13H18O2S/c1-4-11(10(2)14)9-16-13-8-6-5-7-12(13)15-3/h5-8,11H,4,9H2,1-3H3/t11-/m1/s1. The Labute approximate surface area is 101 Å². The Morgan fingerprint density at radius 1 is 1.44 bits per heavy atom. The van der Waals surface area contributed by atoms with Gasteiger partial charge in [-0.05, 0) is 25.5 Å². The minimum absolute atomic E-state index is 0.148. The van der Waals surface area contributed by atoms with Crippen LogP contribution in [0.15, 0.2) is 29.2 Å². The molecule has 3 heteroatoms. The zero-order valence-electron chi connectivity index (χ0n) is 10.0. The molecule has 1 atom stereocenters. The van der Waals surface area contributed by atoms with Gasteiger partial charge in [0.15, 0.2) is 0 Å². The summed E-state index contributed by atoms with van der Waals surface area (Å²) in [6, 6.07) is 7.90. The number of ether oxygens (including phenoxy) is 1. The van der Waals surface area contributed by atoms with Gasteiger partial charge in [-0.25, -0.2) is 0 Å². The van der Waals surface area contributed by atoms with Crippen LogP contribution in [0.2, 0.25) is 0 Å². The zero-order valence-corrected chi connectivity index (χ0v) is 10.8. The molecule has 1 rings (SSSR count). The number of carbonyl (C=O) groups is 1. The number of rotatable bonds is 6. The van der Waals surface area contributed by atoms with E-state index in [-0.39, 0.29) is 11.7 Å². The highest BCUT2D eigenvalue weighted by Gasteiger charge is 2.13. The van der Waals surface area contributed by atoms with Gasteiger partial charge in [0.2, 0.25) is 0 Å². The molecule has 0 aliphatic heterocycles. The van der Waals surface area contributed by atoms with Crippen molar-refractivity contribution in [3.63, 3.8) is 0 Å². The number of benzene rings is 1. The second kappa shape index (κ2) is 6.59. The molecule has 0 heterocycles. The van der Waals surface area contributed by atoms with Crippen molar-refractivity contribution in [2.24, 2.45) is 5.92 Å². The predicted molar refractivity (Wildman–Crippen MR) is 68.2 cm³/mol. The van der Waals surface area contributed by atoms with Gasteiger partial charge in [-0.15, -0.1) is 11.8 Å². The normalized spacial score (nSPS) is 12.2. The molecule has 0 radical (unpaired) electrons. The van der Waals surface area contributed by atoms with Crippen LogP contribution >= 0.6 is 11.8 Å². The molecule has 1 aromatic rings. The fourth-order valence-corrected chi connectivity index (χ4v) is 2.77. The second-order valence-electron chi connectivity index (χ2n) is 3.68. The highest BCUT2D eigenvalue weighted by atomic mass is 32.2. The van der Waals surface area contributed by atoms with Gasteiger partial charge < -0.3 is 4.74 Å². The molecule has 0 bridgehead atoms. The van der Waals surface area contributed by atoms with Crippen LogP contribution in [0.4, 0.5) is 0 Å². The highest BCUT2D eigenvalue weighted by molar-refractivity contribution is 7.99. The third-order valence-electron chi connectivity index (χ3n) is 2.58. The second-order valence-corrected chi connectivity index (χ2v) is 4.74. The molecular weight excluding hydrogens is 220 g/mol. The lowest BCUT2D eigenvalue weighted by Gasteiger charge is -2.12. The minimum Gasteiger partial charge on any atom is -0.496 e. The molecule has 0 saturated heterocycles. The number of para-hydroxylation sites is 1. The lowest BCUT2D eigenvalue weighted by molar-refractivity contribution is -0.120. The molecule has 0 amide bonds. The summed E-state index contributed by atoms with van der Waals surface area (Å²) in [5.74, 6) is 2.12. The summed E-state index contributed by atoms with van der Waals surface area (Å²) in [5, 5.41) is 0. The Balaban J connectivity index is 2.63. The van der Waals surface area contributed by atoms with Crippen molar-refractivity contribution < 1.29 is 9.53 Å². The summed E-state index contributed by atoms with van der Waals surface area (Å²) in [5.41, 5.74) is 0. The highest BCUT2D eigenvalue weighted by Crippen LogP contribution is 2.30. The molecule has 88 valence electrons. The number of methoxy groups -OCH3 is 1. The molecule has 0 aliphatic rings. The van der Waals surface area contributed by atoms with Gasteiger partial charge in [0.05, 0.1) is 7.11 Å². The van der Waals surface area contributed by atoms with E-state index in [0.717, 1.165) is 22.8 Å². The number of hydrogen-bond donors (Lipinski definition) is 0. The van der Waals surface area contributed by atoms with Crippen LogP contribution in [-0.2, 0) is 4.79 Å².